The van der Waals surface area contributed by atoms with Crippen LogP contribution in [0.25, 0.3) is 0 Å². The van der Waals surface area contributed by atoms with Gasteiger partial charge in [0, 0.05) is 18.8 Å². The summed E-state index contributed by atoms with van der Waals surface area (Å²) in [5.74, 6) is -0.156. The van der Waals surface area contributed by atoms with Crippen LogP contribution in [-0.2, 0) is 9.53 Å². The van der Waals surface area contributed by atoms with Crippen molar-refractivity contribution >= 4 is 29.0 Å². The third-order valence-electron chi connectivity index (χ3n) is 4.68. The molecule has 0 amide bonds. The molecule has 0 bridgehead atoms. The smallest absolute Gasteiger partial charge is 0.353 e. The number of hydrogen-bond acceptors (Lipinski definition) is 9. The maximum absolute atomic E-state index is 11.9. The van der Waals surface area contributed by atoms with E-state index in [9.17, 15) is 14.9 Å². The predicted molar refractivity (Wildman–Crippen MR) is 105 cm³/mol. The number of carbonyl (C=O) groups excluding carboxylic acids is 1. The minimum Gasteiger partial charge on any atom is -0.466 e. The zero-order valence-electron chi connectivity index (χ0n) is 15.9. The van der Waals surface area contributed by atoms with Gasteiger partial charge < -0.3 is 15.0 Å². The molecule has 1 aromatic heterocycles. The Balaban J connectivity index is 1.81. The highest BCUT2D eigenvalue weighted by Crippen LogP contribution is 2.35. The normalized spacial score (nSPS) is 14.1. The summed E-state index contributed by atoms with van der Waals surface area (Å²) in [6, 6.07) is 8.53. The van der Waals surface area contributed by atoms with Crippen LogP contribution in [0.3, 0.4) is 0 Å². The van der Waals surface area contributed by atoms with Crippen LogP contribution in [0.5, 0.6) is 0 Å². The summed E-state index contributed by atoms with van der Waals surface area (Å²) in [4.78, 5) is 33.1. The van der Waals surface area contributed by atoms with Crippen molar-refractivity contribution in [3.63, 3.8) is 0 Å². The zero-order valence-corrected chi connectivity index (χ0v) is 15.9. The highest BCUT2D eigenvalue weighted by molar-refractivity contribution is 5.76. The first-order valence-electron chi connectivity index (χ1n) is 9.21. The van der Waals surface area contributed by atoms with E-state index in [1.54, 1.807) is 36.1 Å². The van der Waals surface area contributed by atoms with Gasteiger partial charge in [-0.1, -0.05) is 0 Å². The van der Waals surface area contributed by atoms with E-state index in [4.69, 9.17) is 10.00 Å². The van der Waals surface area contributed by atoms with E-state index < -0.39 is 4.92 Å². The number of aromatic nitrogens is 2. The number of rotatable bonds is 6. The van der Waals surface area contributed by atoms with E-state index in [-0.39, 0.29) is 29.2 Å². The van der Waals surface area contributed by atoms with Gasteiger partial charge in [-0.25, -0.2) is 9.97 Å². The average Bonchev–Trinajstić information content (AvgIpc) is 2.74. The average molecular weight is 396 g/mol. The summed E-state index contributed by atoms with van der Waals surface area (Å²) >= 11 is 0. The summed E-state index contributed by atoms with van der Waals surface area (Å²) in [6.45, 7) is 3.01. The summed E-state index contributed by atoms with van der Waals surface area (Å²) < 4.78 is 5.06. The zero-order chi connectivity index (χ0) is 20.8. The van der Waals surface area contributed by atoms with Crippen molar-refractivity contribution < 1.29 is 14.5 Å². The first-order valence-corrected chi connectivity index (χ1v) is 9.21. The number of nitro groups is 1. The fourth-order valence-electron chi connectivity index (χ4n) is 3.21. The maximum atomic E-state index is 11.9. The van der Waals surface area contributed by atoms with Crippen molar-refractivity contribution in [1.82, 2.24) is 9.97 Å². The maximum Gasteiger partial charge on any atom is 0.353 e. The minimum atomic E-state index is -0.515. The number of carbonyl (C=O) groups is 1. The number of nitriles is 1. The number of hydrogen-bond donors (Lipinski definition) is 1. The molecule has 1 fully saturated rings. The standard InChI is InChI=1S/C19H20N6O4/c1-2-29-19(26)14-7-9-24(10-8-14)18-16(25(27)28)17(21-12-22-18)23-15-5-3-13(11-20)4-6-15/h3-6,12,14H,2,7-10H2,1H3,(H,21,22,23). The van der Waals surface area contributed by atoms with Crippen molar-refractivity contribution in [3.8, 4) is 6.07 Å². The Kier molecular flexibility index (Phi) is 6.19. The number of ether oxygens (including phenoxy) is 1. The Labute approximate surface area is 167 Å². The Morgan fingerprint density at radius 2 is 2.03 bits per heavy atom. The molecule has 3 rings (SSSR count). The van der Waals surface area contributed by atoms with Gasteiger partial charge in [-0.2, -0.15) is 5.26 Å². The van der Waals surface area contributed by atoms with Crippen LogP contribution in [0, 0.1) is 27.4 Å². The predicted octanol–water partition coefficient (Wildman–Crippen LogP) is 2.78. The van der Waals surface area contributed by atoms with E-state index >= 15 is 0 Å². The number of piperidine rings is 1. The number of anilines is 3. The van der Waals surface area contributed by atoms with E-state index in [0.717, 1.165) is 0 Å². The molecule has 1 N–H and O–H groups in total. The summed E-state index contributed by atoms with van der Waals surface area (Å²) in [7, 11) is 0. The largest absolute Gasteiger partial charge is 0.466 e. The molecule has 1 aliphatic rings. The quantitative estimate of drug-likeness (QED) is 0.444. The molecule has 2 aromatic rings. The van der Waals surface area contributed by atoms with Crippen molar-refractivity contribution in [3.05, 3.63) is 46.3 Å². The van der Waals surface area contributed by atoms with Crippen molar-refractivity contribution in [1.29, 1.82) is 5.26 Å². The van der Waals surface area contributed by atoms with Crippen LogP contribution >= 0.6 is 0 Å². The highest BCUT2D eigenvalue weighted by Gasteiger charge is 2.32. The lowest BCUT2D eigenvalue weighted by Gasteiger charge is -2.31. The lowest BCUT2D eigenvalue weighted by molar-refractivity contribution is -0.383. The first kappa shape index (κ1) is 20.0. The minimum absolute atomic E-state index is 0.0669. The summed E-state index contributed by atoms with van der Waals surface area (Å²) in [5, 5.41) is 23.6. The fraction of sp³-hybridized carbons (Fsp3) is 0.368. The molecule has 10 nitrogen and oxygen atoms in total. The Morgan fingerprint density at radius 1 is 1.34 bits per heavy atom. The number of nitrogens with one attached hydrogen (secondary N) is 1. The van der Waals surface area contributed by atoms with Crippen LogP contribution in [0.15, 0.2) is 30.6 Å². The van der Waals surface area contributed by atoms with Crippen LogP contribution in [-0.4, -0.2) is 40.6 Å². The van der Waals surface area contributed by atoms with Gasteiger partial charge in [0.25, 0.3) is 0 Å². The molecule has 150 valence electrons. The van der Waals surface area contributed by atoms with E-state index in [1.165, 1.54) is 6.33 Å². The summed E-state index contributed by atoms with van der Waals surface area (Å²) in [5.41, 5.74) is 0.821. The van der Waals surface area contributed by atoms with Gasteiger partial charge in [0.2, 0.25) is 11.6 Å². The molecule has 10 heteroatoms. The Morgan fingerprint density at radius 3 is 2.62 bits per heavy atom. The molecular weight excluding hydrogens is 376 g/mol. The molecule has 0 spiro atoms. The summed E-state index contributed by atoms with van der Waals surface area (Å²) in [6.07, 6.45) is 2.35. The topological polar surface area (TPSA) is 134 Å². The molecule has 2 heterocycles. The van der Waals surface area contributed by atoms with E-state index in [1.807, 2.05) is 6.07 Å². The van der Waals surface area contributed by atoms with Gasteiger partial charge in [0.1, 0.15) is 6.33 Å². The third kappa shape index (κ3) is 4.57. The van der Waals surface area contributed by atoms with Gasteiger partial charge in [-0.3, -0.25) is 14.9 Å². The van der Waals surface area contributed by atoms with Crippen molar-refractivity contribution in [2.24, 2.45) is 5.92 Å². The molecule has 0 radical (unpaired) electrons. The van der Waals surface area contributed by atoms with Crippen molar-refractivity contribution in [2.75, 3.05) is 29.9 Å². The van der Waals surface area contributed by atoms with Crippen LogP contribution in [0.1, 0.15) is 25.3 Å². The fourth-order valence-corrected chi connectivity index (χ4v) is 3.21. The lowest BCUT2D eigenvalue weighted by Crippen LogP contribution is -2.37. The third-order valence-corrected chi connectivity index (χ3v) is 4.68. The second-order valence-corrected chi connectivity index (χ2v) is 6.48. The molecule has 0 unspecified atom stereocenters. The first-order chi connectivity index (χ1) is 14.0. The molecule has 1 aliphatic heterocycles. The number of nitrogens with zero attached hydrogens (tertiary/aromatic N) is 5. The molecule has 0 saturated carbocycles. The SMILES string of the molecule is CCOC(=O)C1CCN(c2ncnc(Nc3ccc(C#N)cc3)c2[N+](=O)[O-])CC1. The highest BCUT2D eigenvalue weighted by atomic mass is 16.6. The number of esters is 1. The second-order valence-electron chi connectivity index (χ2n) is 6.48. The molecule has 1 saturated heterocycles. The Bertz CT molecular complexity index is 933. The molecule has 0 aliphatic carbocycles. The van der Waals surface area contributed by atoms with Gasteiger partial charge >= 0.3 is 11.7 Å². The van der Waals surface area contributed by atoms with E-state index in [2.05, 4.69) is 15.3 Å². The van der Waals surface area contributed by atoms with E-state index in [0.29, 0.717) is 43.8 Å². The molecule has 1 aromatic carbocycles. The molecule has 0 atom stereocenters. The monoisotopic (exact) mass is 396 g/mol. The number of benzene rings is 1. The van der Waals surface area contributed by atoms with Gasteiger partial charge in [-0.05, 0) is 44.0 Å². The van der Waals surface area contributed by atoms with Crippen LogP contribution < -0.4 is 10.2 Å². The van der Waals surface area contributed by atoms with Gasteiger partial charge in [-0.15, -0.1) is 0 Å². The van der Waals surface area contributed by atoms with Gasteiger partial charge in [0.15, 0.2) is 0 Å². The van der Waals surface area contributed by atoms with Crippen molar-refractivity contribution in [2.45, 2.75) is 19.8 Å². The molecular formula is C19H20N6O4. The lowest BCUT2D eigenvalue weighted by atomic mass is 9.97. The molecule has 29 heavy (non-hydrogen) atoms. The van der Waals surface area contributed by atoms with Crippen LogP contribution in [0.2, 0.25) is 0 Å². The Hall–Kier alpha value is -3.74. The van der Waals surface area contributed by atoms with Crippen LogP contribution in [0.4, 0.5) is 23.0 Å². The van der Waals surface area contributed by atoms with Gasteiger partial charge in [0.05, 0.1) is 29.1 Å². The second kappa shape index (κ2) is 8.97.